The van der Waals surface area contributed by atoms with Crippen LogP contribution in [0.2, 0.25) is 0 Å². The van der Waals surface area contributed by atoms with E-state index in [1.54, 1.807) is 47.8 Å². The number of nitrogens with zero attached hydrogens (tertiary/aromatic N) is 4. The van der Waals surface area contributed by atoms with Gasteiger partial charge in [0.05, 0.1) is 12.8 Å². The van der Waals surface area contributed by atoms with Crippen molar-refractivity contribution in [1.29, 1.82) is 0 Å². The summed E-state index contributed by atoms with van der Waals surface area (Å²) in [6, 6.07) is 16.9. The van der Waals surface area contributed by atoms with Gasteiger partial charge < -0.3 is 4.74 Å². The summed E-state index contributed by atoms with van der Waals surface area (Å²) < 4.78 is 6.81. The van der Waals surface area contributed by atoms with E-state index in [1.807, 2.05) is 30.3 Å². The zero-order valence-electron chi connectivity index (χ0n) is 13.8. The van der Waals surface area contributed by atoms with Crippen LogP contribution in [-0.4, -0.2) is 38.9 Å². The van der Waals surface area contributed by atoms with Gasteiger partial charge in [-0.05, 0) is 53.2 Å². The SMILES string of the molecule is COc1ccc(C(=O)CCCSc2nnnn2-c2ccccc2)cc1. The summed E-state index contributed by atoms with van der Waals surface area (Å²) in [6.45, 7) is 0. The average molecular weight is 354 g/mol. The number of carbonyl (C=O) groups is 1. The molecule has 1 aromatic heterocycles. The first-order valence-electron chi connectivity index (χ1n) is 7.92. The number of hydrogen-bond donors (Lipinski definition) is 0. The molecule has 3 rings (SSSR count). The van der Waals surface area contributed by atoms with Crippen LogP contribution < -0.4 is 4.74 Å². The summed E-state index contributed by atoms with van der Waals surface area (Å²) in [5, 5.41) is 12.5. The lowest BCUT2D eigenvalue weighted by Gasteiger charge is -2.04. The van der Waals surface area contributed by atoms with E-state index in [0.29, 0.717) is 12.0 Å². The van der Waals surface area contributed by atoms with Crippen LogP contribution >= 0.6 is 11.8 Å². The fourth-order valence-electron chi connectivity index (χ4n) is 2.32. The first kappa shape index (κ1) is 17.2. The highest BCUT2D eigenvalue weighted by Gasteiger charge is 2.10. The maximum absolute atomic E-state index is 12.2. The largest absolute Gasteiger partial charge is 0.497 e. The second kappa shape index (κ2) is 8.43. The molecule has 1 heterocycles. The minimum absolute atomic E-state index is 0.130. The van der Waals surface area contributed by atoms with Gasteiger partial charge in [-0.1, -0.05) is 30.0 Å². The van der Waals surface area contributed by atoms with Gasteiger partial charge in [0.15, 0.2) is 5.78 Å². The normalized spacial score (nSPS) is 10.6. The summed E-state index contributed by atoms with van der Waals surface area (Å²) in [7, 11) is 1.61. The molecule has 0 unspecified atom stereocenters. The van der Waals surface area contributed by atoms with Gasteiger partial charge in [-0.15, -0.1) is 5.10 Å². The monoisotopic (exact) mass is 354 g/mol. The third-order valence-corrected chi connectivity index (χ3v) is 4.64. The number of hydrogen-bond acceptors (Lipinski definition) is 6. The average Bonchev–Trinajstić information content (AvgIpc) is 3.14. The van der Waals surface area contributed by atoms with E-state index in [1.165, 1.54) is 0 Å². The molecular formula is C18H18N4O2S. The first-order chi connectivity index (χ1) is 12.3. The van der Waals surface area contributed by atoms with Crippen LogP contribution in [0.3, 0.4) is 0 Å². The van der Waals surface area contributed by atoms with Crippen molar-refractivity contribution in [3.8, 4) is 11.4 Å². The minimum atomic E-state index is 0.130. The number of ether oxygens (including phenoxy) is 1. The standard InChI is InChI=1S/C18H18N4O2S/c1-24-16-11-9-14(10-12-16)17(23)8-5-13-25-18-19-20-21-22(18)15-6-3-2-4-7-15/h2-4,6-7,9-12H,5,8,13H2,1H3. The quantitative estimate of drug-likeness (QED) is 0.351. The van der Waals surface area contributed by atoms with Gasteiger partial charge in [0.25, 0.3) is 0 Å². The molecule has 0 saturated heterocycles. The topological polar surface area (TPSA) is 69.9 Å². The van der Waals surface area contributed by atoms with Crippen LogP contribution in [0, 0.1) is 0 Å². The molecule has 25 heavy (non-hydrogen) atoms. The van der Waals surface area contributed by atoms with Crippen LogP contribution in [-0.2, 0) is 0 Å². The van der Waals surface area contributed by atoms with E-state index in [4.69, 9.17) is 4.74 Å². The molecule has 0 spiro atoms. The van der Waals surface area contributed by atoms with Crippen molar-refractivity contribution in [2.45, 2.75) is 18.0 Å². The van der Waals surface area contributed by atoms with Crippen LogP contribution in [0.5, 0.6) is 5.75 Å². The van der Waals surface area contributed by atoms with Crippen molar-refractivity contribution in [3.63, 3.8) is 0 Å². The number of ketones is 1. The summed E-state index contributed by atoms with van der Waals surface area (Å²) in [6.07, 6.45) is 1.25. The maximum atomic E-state index is 12.2. The van der Waals surface area contributed by atoms with Crippen LogP contribution in [0.15, 0.2) is 59.8 Å². The van der Waals surface area contributed by atoms with Gasteiger partial charge in [-0.2, -0.15) is 4.68 Å². The molecule has 2 aromatic carbocycles. The van der Waals surface area contributed by atoms with Crippen molar-refractivity contribution in [3.05, 3.63) is 60.2 Å². The summed E-state index contributed by atoms with van der Waals surface area (Å²) in [4.78, 5) is 12.2. The van der Waals surface area contributed by atoms with E-state index >= 15 is 0 Å². The Bertz CT molecular complexity index is 819. The maximum Gasteiger partial charge on any atom is 0.214 e. The highest BCUT2D eigenvalue weighted by atomic mass is 32.2. The van der Waals surface area contributed by atoms with Gasteiger partial charge >= 0.3 is 0 Å². The molecule has 0 radical (unpaired) electrons. The summed E-state index contributed by atoms with van der Waals surface area (Å²) in [5.41, 5.74) is 1.63. The molecule has 0 bridgehead atoms. The first-order valence-corrected chi connectivity index (χ1v) is 8.90. The van der Waals surface area contributed by atoms with E-state index in [-0.39, 0.29) is 5.78 Å². The molecule has 0 atom stereocenters. The van der Waals surface area contributed by atoms with Gasteiger partial charge in [0.2, 0.25) is 5.16 Å². The van der Waals surface area contributed by atoms with Crippen molar-refractivity contribution in [1.82, 2.24) is 20.2 Å². The van der Waals surface area contributed by atoms with E-state index in [0.717, 1.165) is 28.8 Å². The number of thioether (sulfide) groups is 1. The lowest BCUT2D eigenvalue weighted by Crippen LogP contribution is -2.01. The zero-order chi connectivity index (χ0) is 17.5. The number of methoxy groups -OCH3 is 1. The third kappa shape index (κ3) is 4.45. The smallest absolute Gasteiger partial charge is 0.214 e. The molecule has 6 nitrogen and oxygen atoms in total. The molecule has 0 amide bonds. The second-order valence-corrected chi connectivity index (χ2v) is 6.37. The zero-order valence-corrected chi connectivity index (χ0v) is 14.6. The Morgan fingerprint density at radius 1 is 1.12 bits per heavy atom. The molecule has 0 N–H and O–H groups in total. The molecule has 0 aliphatic rings. The Labute approximate surface area is 150 Å². The molecule has 0 aliphatic carbocycles. The molecule has 0 saturated carbocycles. The van der Waals surface area contributed by atoms with E-state index in [9.17, 15) is 4.79 Å². The van der Waals surface area contributed by atoms with Crippen LogP contribution in [0.25, 0.3) is 5.69 Å². The highest BCUT2D eigenvalue weighted by Crippen LogP contribution is 2.20. The fraction of sp³-hybridized carbons (Fsp3) is 0.222. The van der Waals surface area contributed by atoms with E-state index < -0.39 is 0 Å². The number of carbonyl (C=O) groups excluding carboxylic acids is 1. The molecule has 3 aromatic rings. The van der Waals surface area contributed by atoms with Gasteiger partial charge in [0.1, 0.15) is 5.75 Å². The molecule has 128 valence electrons. The van der Waals surface area contributed by atoms with Crippen LogP contribution in [0.1, 0.15) is 23.2 Å². The summed E-state index contributed by atoms with van der Waals surface area (Å²) in [5.74, 6) is 1.65. The van der Waals surface area contributed by atoms with E-state index in [2.05, 4.69) is 15.5 Å². The number of para-hydroxylation sites is 1. The Balaban J connectivity index is 1.50. The number of Topliss-reactive ketones (excluding diaryl/α,β-unsaturated/α-hetero) is 1. The van der Waals surface area contributed by atoms with Crippen molar-refractivity contribution < 1.29 is 9.53 Å². The highest BCUT2D eigenvalue weighted by molar-refractivity contribution is 7.99. The number of aromatic nitrogens is 4. The predicted molar refractivity (Wildman–Crippen MR) is 96.4 cm³/mol. The Hall–Kier alpha value is -2.67. The second-order valence-electron chi connectivity index (χ2n) is 5.31. The lowest BCUT2D eigenvalue weighted by atomic mass is 10.1. The van der Waals surface area contributed by atoms with Crippen molar-refractivity contribution in [2.75, 3.05) is 12.9 Å². The number of rotatable bonds is 8. The van der Waals surface area contributed by atoms with Gasteiger partial charge in [-0.3, -0.25) is 4.79 Å². The molecular weight excluding hydrogens is 336 g/mol. The lowest BCUT2D eigenvalue weighted by molar-refractivity contribution is 0.0982. The van der Waals surface area contributed by atoms with Gasteiger partial charge in [0, 0.05) is 17.7 Å². The fourth-order valence-corrected chi connectivity index (χ4v) is 3.15. The molecule has 7 heteroatoms. The third-order valence-electron chi connectivity index (χ3n) is 3.63. The number of tetrazole rings is 1. The number of benzene rings is 2. The molecule has 0 fully saturated rings. The minimum Gasteiger partial charge on any atom is -0.497 e. The van der Waals surface area contributed by atoms with Gasteiger partial charge in [-0.25, -0.2) is 0 Å². The van der Waals surface area contributed by atoms with Crippen molar-refractivity contribution >= 4 is 17.5 Å². The Kier molecular flexibility index (Phi) is 5.79. The van der Waals surface area contributed by atoms with Crippen LogP contribution in [0.4, 0.5) is 0 Å². The Morgan fingerprint density at radius 2 is 1.88 bits per heavy atom. The van der Waals surface area contributed by atoms with Crippen molar-refractivity contribution in [2.24, 2.45) is 0 Å². The Morgan fingerprint density at radius 3 is 2.60 bits per heavy atom. The predicted octanol–water partition coefficient (Wildman–Crippen LogP) is 3.43. The molecule has 0 aliphatic heterocycles. The summed E-state index contributed by atoms with van der Waals surface area (Å²) >= 11 is 1.55.